The zero-order valence-corrected chi connectivity index (χ0v) is 21.6. The Balaban J connectivity index is 1.24. The van der Waals surface area contributed by atoms with Crippen LogP contribution >= 0.6 is 0 Å². The second kappa shape index (κ2) is 9.16. The Morgan fingerprint density at radius 1 is 1.06 bits per heavy atom. The molecule has 1 saturated heterocycles. The minimum Gasteiger partial charge on any atom is -0.317 e. The third-order valence-corrected chi connectivity index (χ3v) is 10.7. The van der Waals surface area contributed by atoms with Gasteiger partial charge in [0.1, 0.15) is 0 Å². The fraction of sp³-hybridized carbons (Fsp3) is 0.821. The molecular formula is C28H43N3O3. The largest absolute Gasteiger partial charge is 0.348 e. The second-order valence-electron chi connectivity index (χ2n) is 12.4. The van der Waals surface area contributed by atoms with Crippen LogP contribution in [0.4, 0.5) is 0 Å². The summed E-state index contributed by atoms with van der Waals surface area (Å²) in [5.74, 6) is 2.65. The highest BCUT2D eigenvalue weighted by Gasteiger charge is 2.59. The number of piperazine rings is 1. The average molecular weight is 470 g/mol. The van der Waals surface area contributed by atoms with Gasteiger partial charge in [0, 0.05) is 38.5 Å². The van der Waals surface area contributed by atoms with Crippen molar-refractivity contribution in [2.24, 2.45) is 39.7 Å². The molecule has 34 heavy (non-hydrogen) atoms. The third kappa shape index (κ3) is 4.19. The molecule has 5 aliphatic rings. The number of fused-ring (bicyclic) bond motifs is 5. The number of hydrogen-bond acceptors (Lipinski definition) is 6. The Morgan fingerprint density at radius 2 is 1.82 bits per heavy atom. The number of oxime groups is 1. The van der Waals surface area contributed by atoms with Crippen LogP contribution < -0.4 is 0 Å². The summed E-state index contributed by atoms with van der Waals surface area (Å²) in [5, 5.41) is 4.40. The van der Waals surface area contributed by atoms with Gasteiger partial charge in [0.15, 0.2) is 5.78 Å². The lowest BCUT2D eigenvalue weighted by Gasteiger charge is -2.58. The predicted molar refractivity (Wildman–Crippen MR) is 133 cm³/mol. The van der Waals surface area contributed by atoms with Gasteiger partial charge in [-0.05, 0) is 93.6 Å². The lowest BCUT2D eigenvalue weighted by Crippen LogP contribution is -2.51. The highest BCUT2D eigenvalue weighted by atomic mass is 16.7. The van der Waals surface area contributed by atoms with E-state index in [-0.39, 0.29) is 16.8 Å². The van der Waals surface area contributed by atoms with Crippen LogP contribution in [0.3, 0.4) is 0 Å². The lowest BCUT2D eigenvalue weighted by molar-refractivity contribution is -0.145. The molecule has 0 amide bonds. The summed E-state index contributed by atoms with van der Waals surface area (Å²) in [6, 6.07) is 0. The van der Waals surface area contributed by atoms with Gasteiger partial charge in [0.2, 0.25) is 0 Å². The monoisotopic (exact) mass is 469 g/mol. The summed E-state index contributed by atoms with van der Waals surface area (Å²) in [5.41, 5.74) is 2.90. The Kier molecular flexibility index (Phi) is 6.52. The summed E-state index contributed by atoms with van der Waals surface area (Å²) in [7, 11) is 2.12. The van der Waals surface area contributed by atoms with Gasteiger partial charge in [-0.15, -0.1) is 0 Å². The van der Waals surface area contributed by atoms with Crippen LogP contribution in [0, 0.1) is 34.5 Å². The first-order valence-electron chi connectivity index (χ1n) is 13.6. The maximum Gasteiger partial charge on any atom is 0.348 e. The number of likely N-dealkylation sites (N-methyl/N-ethyl adjacent to an activating group) is 1. The van der Waals surface area contributed by atoms with E-state index in [1.165, 1.54) is 31.3 Å². The van der Waals surface area contributed by atoms with E-state index in [0.717, 1.165) is 63.5 Å². The molecule has 0 aromatic rings. The minimum atomic E-state index is -0.237. The molecule has 0 N–H and O–H groups in total. The summed E-state index contributed by atoms with van der Waals surface area (Å²) < 4.78 is 0. The molecule has 0 spiro atoms. The van der Waals surface area contributed by atoms with Crippen molar-refractivity contribution in [2.75, 3.05) is 39.8 Å². The van der Waals surface area contributed by atoms with Crippen molar-refractivity contribution in [1.82, 2.24) is 9.80 Å². The van der Waals surface area contributed by atoms with E-state index in [1.807, 2.05) is 6.08 Å². The Hall–Kier alpha value is -1.53. The molecule has 6 heteroatoms. The molecule has 6 nitrogen and oxygen atoms in total. The fourth-order valence-electron chi connectivity index (χ4n) is 8.65. The van der Waals surface area contributed by atoms with Crippen molar-refractivity contribution < 1.29 is 14.4 Å². The smallest absolute Gasteiger partial charge is 0.317 e. The number of carbonyl (C=O) groups is 2. The molecular weight excluding hydrogens is 426 g/mol. The number of allylic oxidation sites excluding steroid dienone is 1. The van der Waals surface area contributed by atoms with Crippen molar-refractivity contribution in [2.45, 2.75) is 72.1 Å². The van der Waals surface area contributed by atoms with Crippen molar-refractivity contribution in [3.8, 4) is 0 Å². The standard InChI is InChI=1S/C28H43N3O3/c1-19(29-34-26(33)18-31-15-13-30(4)14-16-31)23-7-8-24-22-6-5-20-17-21(32)9-11-27(20,2)25(22)10-12-28(23,24)3/h17,22-25H,5-16,18H2,1-4H3/b29-19-/t22-,23+,24-,25-,27-,28+/m0/s1. The second-order valence-corrected chi connectivity index (χ2v) is 12.4. The number of nitrogens with zero attached hydrogens (tertiary/aromatic N) is 3. The zero-order chi connectivity index (χ0) is 24.1. The van der Waals surface area contributed by atoms with Crippen LogP contribution in [0.2, 0.25) is 0 Å². The van der Waals surface area contributed by atoms with Gasteiger partial charge in [0.05, 0.1) is 12.3 Å². The summed E-state index contributed by atoms with van der Waals surface area (Å²) >= 11 is 0. The van der Waals surface area contributed by atoms with Gasteiger partial charge in [0.25, 0.3) is 0 Å². The molecule has 3 saturated carbocycles. The fourth-order valence-corrected chi connectivity index (χ4v) is 8.65. The van der Waals surface area contributed by atoms with Crippen LogP contribution in [0.1, 0.15) is 72.1 Å². The number of carbonyl (C=O) groups excluding carboxylic acids is 2. The van der Waals surface area contributed by atoms with E-state index >= 15 is 0 Å². The van der Waals surface area contributed by atoms with Gasteiger partial charge in [-0.1, -0.05) is 24.6 Å². The topological polar surface area (TPSA) is 62.2 Å². The van der Waals surface area contributed by atoms with E-state index in [9.17, 15) is 9.59 Å². The van der Waals surface area contributed by atoms with E-state index in [4.69, 9.17) is 4.84 Å². The first-order valence-corrected chi connectivity index (χ1v) is 13.6. The molecule has 6 atom stereocenters. The minimum absolute atomic E-state index is 0.220. The molecule has 0 aromatic heterocycles. The van der Waals surface area contributed by atoms with Crippen molar-refractivity contribution >= 4 is 17.5 Å². The molecule has 0 aromatic carbocycles. The molecule has 188 valence electrons. The molecule has 4 fully saturated rings. The Labute approximate surface area is 205 Å². The van der Waals surface area contributed by atoms with E-state index < -0.39 is 0 Å². The highest BCUT2D eigenvalue weighted by Crippen LogP contribution is 2.66. The van der Waals surface area contributed by atoms with E-state index in [0.29, 0.717) is 30.1 Å². The van der Waals surface area contributed by atoms with Crippen LogP contribution in [0.25, 0.3) is 0 Å². The van der Waals surface area contributed by atoms with E-state index in [2.05, 4.69) is 42.8 Å². The average Bonchev–Trinajstić information content (AvgIpc) is 3.17. The van der Waals surface area contributed by atoms with Crippen LogP contribution in [-0.2, 0) is 14.4 Å². The van der Waals surface area contributed by atoms with Crippen molar-refractivity contribution in [3.05, 3.63) is 11.6 Å². The molecule has 0 bridgehead atoms. The summed E-state index contributed by atoms with van der Waals surface area (Å²) in [4.78, 5) is 34.4. The Morgan fingerprint density at radius 3 is 2.59 bits per heavy atom. The maximum atomic E-state index is 12.4. The van der Waals surface area contributed by atoms with Gasteiger partial charge in [-0.2, -0.15) is 0 Å². The van der Waals surface area contributed by atoms with Crippen LogP contribution in [0.15, 0.2) is 16.8 Å². The first-order chi connectivity index (χ1) is 16.2. The maximum absolute atomic E-state index is 12.4. The van der Waals surface area contributed by atoms with Gasteiger partial charge >= 0.3 is 5.97 Å². The number of ketones is 1. The van der Waals surface area contributed by atoms with Gasteiger partial charge in [-0.25, -0.2) is 4.79 Å². The normalized spacial score (nSPS) is 41.4. The van der Waals surface area contributed by atoms with Gasteiger partial charge < -0.3 is 9.74 Å². The molecule has 1 aliphatic heterocycles. The number of rotatable bonds is 4. The quantitative estimate of drug-likeness (QED) is 0.349. The van der Waals surface area contributed by atoms with Crippen molar-refractivity contribution in [1.29, 1.82) is 0 Å². The Bertz CT molecular complexity index is 889. The first kappa shape index (κ1) is 24.2. The molecule has 0 radical (unpaired) electrons. The molecule has 4 aliphatic carbocycles. The van der Waals surface area contributed by atoms with Crippen molar-refractivity contribution in [3.63, 3.8) is 0 Å². The van der Waals surface area contributed by atoms with E-state index in [1.54, 1.807) is 0 Å². The lowest BCUT2D eigenvalue weighted by atomic mass is 9.46. The predicted octanol–water partition coefficient (Wildman–Crippen LogP) is 4.30. The molecule has 5 rings (SSSR count). The zero-order valence-electron chi connectivity index (χ0n) is 21.6. The molecule has 0 unspecified atom stereocenters. The number of hydrogen-bond donors (Lipinski definition) is 0. The summed E-state index contributed by atoms with van der Waals surface area (Å²) in [6.07, 6.45) is 10.9. The van der Waals surface area contributed by atoms with Crippen LogP contribution in [0.5, 0.6) is 0 Å². The highest BCUT2D eigenvalue weighted by molar-refractivity contribution is 5.91. The SMILES string of the molecule is C/C(=N/OC(=O)CN1CCN(C)CC1)[C@H]1CC[C@H]2[C@@H]3CCC4=CC(=O)CC[C@]4(C)[C@H]3CC[C@]12C. The third-order valence-electron chi connectivity index (χ3n) is 10.7. The molecule has 1 heterocycles. The van der Waals surface area contributed by atoms with Crippen LogP contribution in [-0.4, -0.2) is 67.0 Å². The van der Waals surface area contributed by atoms with Gasteiger partial charge in [-0.3, -0.25) is 9.69 Å². The summed E-state index contributed by atoms with van der Waals surface area (Å²) in [6.45, 7) is 11.1.